The molecule has 0 aromatic heterocycles. The standard InChI is InChI=1S/C12H15NO4/c1-8-7-9(14)5-6-10(8)13-11(15)3-2-4-12(16)17/h5-7,14H,2-4H2,1H3,(H,13,15)(H,16,17). The number of carboxylic acid groups (broad SMARTS) is 1. The van der Waals surface area contributed by atoms with E-state index >= 15 is 0 Å². The van der Waals surface area contributed by atoms with Crippen LogP contribution in [-0.4, -0.2) is 22.1 Å². The number of rotatable bonds is 5. The lowest BCUT2D eigenvalue weighted by atomic mass is 10.1. The molecule has 0 atom stereocenters. The zero-order chi connectivity index (χ0) is 12.8. The second-order valence-corrected chi connectivity index (χ2v) is 3.79. The average Bonchev–Trinajstić information content (AvgIpc) is 2.21. The Bertz CT molecular complexity index is 429. The van der Waals surface area contributed by atoms with Crippen molar-refractivity contribution in [3.63, 3.8) is 0 Å². The van der Waals surface area contributed by atoms with Crippen molar-refractivity contribution in [3.8, 4) is 5.75 Å². The molecular formula is C12H15NO4. The summed E-state index contributed by atoms with van der Waals surface area (Å²) in [5.41, 5.74) is 1.39. The molecule has 0 spiro atoms. The molecule has 0 fully saturated rings. The van der Waals surface area contributed by atoms with E-state index in [9.17, 15) is 14.7 Å². The SMILES string of the molecule is Cc1cc(O)ccc1NC(=O)CCCC(=O)O. The van der Waals surface area contributed by atoms with E-state index in [4.69, 9.17) is 5.11 Å². The summed E-state index contributed by atoms with van der Waals surface area (Å²) in [4.78, 5) is 21.7. The van der Waals surface area contributed by atoms with Gasteiger partial charge in [0.15, 0.2) is 0 Å². The lowest BCUT2D eigenvalue weighted by molar-refractivity contribution is -0.137. The third-order valence-corrected chi connectivity index (χ3v) is 2.28. The number of anilines is 1. The maximum atomic E-state index is 11.5. The van der Waals surface area contributed by atoms with Gasteiger partial charge in [0.05, 0.1) is 0 Å². The number of phenols is 1. The lowest BCUT2D eigenvalue weighted by Crippen LogP contribution is -2.12. The molecule has 1 aromatic rings. The van der Waals surface area contributed by atoms with Gasteiger partial charge in [0, 0.05) is 18.5 Å². The van der Waals surface area contributed by atoms with E-state index in [0.29, 0.717) is 12.1 Å². The zero-order valence-corrected chi connectivity index (χ0v) is 9.56. The van der Waals surface area contributed by atoms with Gasteiger partial charge in [-0.2, -0.15) is 0 Å². The van der Waals surface area contributed by atoms with Crippen LogP contribution in [0, 0.1) is 6.92 Å². The maximum absolute atomic E-state index is 11.5. The van der Waals surface area contributed by atoms with Gasteiger partial charge in [-0.05, 0) is 37.1 Å². The van der Waals surface area contributed by atoms with Crippen LogP contribution >= 0.6 is 0 Å². The zero-order valence-electron chi connectivity index (χ0n) is 9.56. The Kier molecular flexibility index (Phi) is 4.51. The van der Waals surface area contributed by atoms with Crippen LogP contribution in [0.4, 0.5) is 5.69 Å². The molecule has 0 bridgehead atoms. The molecule has 5 heteroatoms. The second kappa shape index (κ2) is 5.89. The van der Waals surface area contributed by atoms with Gasteiger partial charge in [-0.25, -0.2) is 0 Å². The highest BCUT2D eigenvalue weighted by molar-refractivity contribution is 5.91. The van der Waals surface area contributed by atoms with Crippen LogP contribution in [0.2, 0.25) is 0 Å². The number of amides is 1. The van der Waals surface area contributed by atoms with Crippen molar-refractivity contribution in [1.29, 1.82) is 0 Å². The van der Waals surface area contributed by atoms with Crippen LogP contribution in [0.5, 0.6) is 5.75 Å². The van der Waals surface area contributed by atoms with Crippen molar-refractivity contribution >= 4 is 17.6 Å². The Hall–Kier alpha value is -2.04. The highest BCUT2D eigenvalue weighted by Gasteiger charge is 2.06. The van der Waals surface area contributed by atoms with Gasteiger partial charge in [-0.1, -0.05) is 0 Å². The van der Waals surface area contributed by atoms with Crippen molar-refractivity contribution in [3.05, 3.63) is 23.8 Å². The van der Waals surface area contributed by atoms with E-state index < -0.39 is 5.97 Å². The molecule has 1 amide bonds. The number of carboxylic acids is 1. The fourth-order valence-corrected chi connectivity index (χ4v) is 1.40. The minimum absolute atomic E-state index is 0.0119. The first-order chi connectivity index (χ1) is 7.99. The number of carbonyl (C=O) groups excluding carboxylic acids is 1. The Morgan fingerprint density at radius 2 is 2.00 bits per heavy atom. The number of aromatic hydroxyl groups is 1. The van der Waals surface area contributed by atoms with Crippen molar-refractivity contribution in [1.82, 2.24) is 0 Å². The molecule has 17 heavy (non-hydrogen) atoms. The number of hydrogen-bond donors (Lipinski definition) is 3. The number of phenolic OH excluding ortho intramolecular Hbond substituents is 1. The minimum atomic E-state index is -0.904. The van der Waals surface area contributed by atoms with Gasteiger partial charge in [-0.3, -0.25) is 9.59 Å². The maximum Gasteiger partial charge on any atom is 0.303 e. The van der Waals surface area contributed by atoms with Crippen LogP contribution in [0.15, 0.2) is 18.2 Å². The van der Waals surface area contributed by atoms with Crippen LogP contribution in [0.25, 0.3) is 0 Å². The number of nitrogens with one attached hydrogen (secondary N) is 1. The molecule has 0 aliphatic carbocycles. The summed E-state index contributed by atoms with van der Waals surface area (Å²) in [5, 5.41) is 20.3. The summed E-state index contributed by atoms with van der Waals surface area (Å²) < 4.78 is 0. The molecule has 1 rings (SSSR count). The molecule has 5 nitrogen and oxygen atoms in total. The first kappa shape index (κ1) is 13.0. The molecule has 0 radical (unpaired) electrons. The molecule has 0 unspecified atom stereocenters. The number of aryl methyl sites for hydroxylation is 1. The van der Waals surface area contributed by atoms with Gasteiger partial charge < -0.3 is 15.5 Å². The lowest BCUT2D eigenvalue weighted by Gasteiger charge is -2.08. The van der Waals surface area contributed by atoms with Crippen molar-refractivity contribution in [2.45, 2.75) is 26.2 Å². The Morgan fingerprint density at radius 1 is 1.29 bits per heavy atom. The summed E-state index contributed by atoms with van der Waals surface area (Å²) in [5.74, 6) is -0.981. The van der Waals surface area contributed by atoms with E-state index in [1.54, 1.807) is 19.1 Å². The fourth-order valence-electron chi connectivity index (χ4n) is 1.40. The van der Waals surface area contributed by atoms with Gasteiger partial charge in [0.1, 0.15) is 5.75 Å². The largest absolute Gasteiger partial charge is 0.508 e. The minimum Gasteiger partial charge on any atom is -0.508 e. The first-order valence-electron chi connectivity index (χ1n) is 5.30. The highest BCUT2D eigenvalue weighted by Crippen LogP contribution is 2.20. The molecule has 3 N–H and O–H groups in total. The van der Waals surface area contributed by atoms with Gasteiger partial charge in [-0.15, -0.1) is 0 Å². The van der Waals surface area contributed by atoms with E-state index in [2.05, 4.69) is 5.32 Å². The smallest absolute Gasteiger partial charge is 0.303 e. The summed E-state index contributed by atoms with van der Waals surface area (Å²) in [6, 6.07) is 4.65. The highest BCUT2D eigenvalue weighted by atomic mass is 16.4. The molecular weight excluding hydrogens is 222 g/mol. The molecule has 1 aromatic carbocycles. The van der Waals surface area contributed by atoms with Crippen LogP contribution in [0.3, 0.4) is 0 Å². The second-order valence-electron chi connectivity index (χ2n) is 3.79. The number of hydrogen-bond acceptors (Lipinski definition) is 3. The summed E-state index contributed by atoms with van der Waals surface area (Å²) in [6.07, 6.45) is 0.479. The molecule has 92 valence electrons. The number of aliphatic carboxylic acids is 1. The predicted molar refractivity (Wildman–Crippen MR) is 63.0 cm³/mol. The van der Waals surface area contributed by atoms with Gasteiger partial charge >= 0.3 is 5.97 Å². The summed E-state index contributed by atoms with van der Waals surface area (Å²) in [7, 11) is 0. The van der Waals surface area contributed by atoms with Crippen LogP contribution in [0.1, 0.15) is 24.8 Å². The third-order valence-electron chi connectivity index (χ3n) is 2.28. The number of benzene rings is 1. The average molecular weight is 237 g/mol. The van der Waals surface area contributed by atoms with Crippen molar-refractivity contribution in [2.75, 3.05) is 5.32 Å². The van der Waals surface area contributed by atoms with Crippen molar-refractivity contribution in [2.24, 2.45) is 0 Å². The Morgan fingerprint density at radius 3 is 2.59 bits per heavy atom. The van der Waals surface area contributed by atoms with Crippen LogP contribution in [-0.2, 0) is 9.59 Å². The summed E-state index contributed by atoms with van der Waals surface area (Å²) >= 11 is 0. The fraction of sp³-hybridized carbons (Fsp3) is 0.333. The Labute approximate surface area is 99.1 Å². The molecule has 0 aliphatic heterocycles. The quantitative estimate of drug-likeness (QED) is 0.682. The van der Waals surface area contributed by atoms with Crippen molar-refractivity contribution < 1.29 is 19.8 Å². The molecule has 0 heterocycles. The molecule has 0 aliphatic rings. The Balaban J connectivity index is 2.48. The van der Waals surface area contributed by atoms with Gasteiger partial charge in [0.25, 0.3) is 0 Å². The van der Waals surface area contributed by atoms with E-state index in [1.807, 2.05) is 0 Å². The topological polar surface area (TPSA) is 86.6 Å². The van der Waals surface area contributed by atoms with Gasteiger partial charge in [0.2, 0.25) is 5.91 Å². The number of carbonyl (C=O) groups is 2. The summed E-state index contributed by atoms with van der Waals surface area (Å²) in [6.45, 7) is 1.77. The van der Waals surface area contributed by atoms with E-state index in [-0.39, 0.29) is 24.5 Å². The predicted octanol–water partition coefficient (Wildman–Crippen LogP) is 1.89. The molecule has 0 saturated heterocycles. The normalized spacial score (nSPS) is 9.94. The molecule has 0 saturated carbocycles. The van der Waals surface area contributed by atoms with E-state index in [0.717, 1.165) is 5.56 Å². The first-order valence-corrected chi connectivity index (χ1v) is 5.30. The third kappa shape index (κ3) is 4.55. The van der Waals surface area contributed by atoms with E-state index in [1.165, 1.54) is 6.07 Å². The van der Waals surface area contributed by atoms with Crippen LogP contribution < -0.4 is 5.32 Å². The monoisotopic (exact) mass is 237 g/mol.